The molecule has 0 heterocycles. The van der Waals surface area contributed by atoms with Crippen LogP contribution in [0.5, 0.6) is 0 Å². The number of hydrogen-bond acceptors (Lipinski definition) is 2. The first-order valence-electron chi connectivity index (χ1n) is 8.00. The number of thioether (sulfide) groups is 1. The second-order valence-corrected chi connectivity index (χ2v) is 7.14. The van der Waals surface area contributed by atoms with Gasteiger partial charge in [0, 0.05) is 21.4 Å². The molecule has 25 heavy (non-hydrogen) atoms. The fraction of sp³-hybridized carbons (Fsp3) is 0.0952. The molecule has 4 heteroatoms. The predicted octanol–water partition coefficient (Wildman–Crippen LogP) is 5.81. The van der Waals surface area contributed by atoms with Crippen molar-refractivity contribution >= 4 is 35.0 Å². The molecular weight excluding hydrogens is 350 g/mol. The van der Waals surface area contributed by atoms with E-state index < -0.39 is 0 Å². The van der Waals surface area contributed by atoms with Crippen molar-refractivity contribution in [2.75, 3.05) is 5.32 Å². The third-order valence-corrected chi connectivity index (χ3v) is 5.00. The number of amides is 1. The molecule has 0 saturated carbocycles. The zero-order valence-electron chi connectivity index (χ0n) is 13.6. The summed E-state index contributed by atoms with van der Waals surface area (Å²) in [6.45, 7) is 0. The molecule has 0 aliphatic heterocycles. The van der Waals surface area contributed by atoms with Crippen molar-refractivity contribution in [2.24, 2.45) is 0 Å². The summed E-state index contributed by atoms with van der Waals surface area (Å²) in [5.74, 6) is 0.898. The van der Waals surface area contributed by atoms with Crippen LogP contribution >= 0.6 is 23.4 Å². The molecule has 0 aliphatic carbocycles. The Morgan fingerprint density at radius 2 is 1.52 bits per heavy atom. The molecule has 1 amide bonds. The van der Waals surface area contributed by atoms with Crippen molar-refractivity contribution in [3.8, 4) is 0 Å². The fourth-order valence-corrected chi connectivity index (χ4v) is 3.35. The second kappa shape index (κ2) is 8.75. The highest BCUT2D eigenvalue weighted by atomic mass is 35.5. The third kappa shape index (κ3) is 5.66. The SMILES string of the molecule is O=C(Cc1ccc(Cl)cc1)Nc1ccc(SCc2ccccc2)cc1. The molecule has 0 unspecified atom stereocenters. The lowest BCUT2D eigenvalue weighted by Gasteiger charge is -2.07. The van der Waals surface area contributed by atoms with Gasteiger partial charge in [0.05, 0.1) is 6.42 Å². The van der Waals surface area contributed by atoms with Gasteiger partial charge in [0.1, 0.15) is 0 Å². The molecule has 0 fully saturated rings. The number of carbonyl (C=O) groups excluding carboxylic acids is 1. The number of benzene rings is 3. The van der Waals surface area contributed by atoms with Crippen LogP contribution in [0.3, 0.4) is 0 Å². The van der Waals surface area contributed by atoms with E-state index in [9.17, 15) is 4.79 Å². The van der Waals surface area contributed by atoms with Crippen LogP contribution < -0.4 is 5.32 Å². The van der Waals surface area contributed by atoms with Crippen molar-refractivity contribution in [1.82, 2.24) is 0 Å². The smallest absolute Gasteiger partial charge is 0.228 e. The van der Waals surface area contributed by atoms with Gasteiger partial charge in [0.25, 0.3) is 0 Å². The lowest BCUT2D eigenvalue weighted by molar-refractivity contribution is -0.115. The van der Waals surface area contributed by atoms with Gasteiger partial charge in [-0.15, -0.1) is 11.8 Å². The van der Waals surface area contributed by atoms with Gasteiger partial charge in [-0.2, -0.15) is 0 Å². The first-order valence-corrected chi connectivity index (χ1v) is 9.36. The maximum absolute atomic E-state index is 12.1. The van der Waals surface area contributed by atoms with E-state index in [1.165, 1.54) is 10.5 Å². The highest BCUT2D eigenvalue weighted by Crippen LogP contribution is 2.24. The number of carbonyl (C=O) groups is 1. The zero-order chi connectivity index (χ0) is 17.5. The van der Waals surface area contributed by atoms with Crippen LogP contribution in [0, 0.1) is 0 Å². The topological polar surface area (TPSA) is 29.1 Å². The molecule has 126 valence electrons. The molecule has 0 atom stereocenters. The lowest BCUT2D eigenvalue weighted by atomic mass is 10.1. The first-order chi connectivity index (χ1) is 12.2. The maximum Gasteiger partial charge on any atom is 0.228 e. The molecule has 3 aromatic rings. The van der Waals surface area contributed by atoms with Gasteiger partial charge in [0.15, 0.2) is 0 Å². The molecular formula is C21H18ClNOS. The standard InChI is InChI=1S/C21H18ClNOS/c22-18-8-6-16(7-9-18)14-21(24)23-19-10-12-20(13-11-19)25-15-17-4-2-1-3-5-17/h1-13H,14-15H2,(H,23,24). The minimum Gasteiger partial charge on any atom is -0.326 e. The van der Waals surface area contributed by atoms with E-state index in [4.69, 9.17) is 11.6 Å². The van der Waals surface area contributed by atoms with Gasteiger partial charge >= 0.3 is 0 Å². The summed E-state index contributed by atoms with van der Waals surface area (Å²) in [6, 6.07) is 25.6. The number of nitrogens with one attached hydrogen (secondary N) is 1. The molecule has 2 nitrogen and oxygen atoms in total. The number of rotatable bonds is 6. The van der Waals surface area contributed by atoms with E-state index >= 15 is 0 Å². The summed E-state index contributed by atoms with van der Waals surface area (Å²) in [5, 5.41) is 3.60. The number of halogens is 1. The van der Waals surface area contributed by atoms with E-state index in [0.29, 0.717) is 11.4 Å². The van der Waals surface area contributed by atoms with Crippen LogP contribution in [0.1, 0.15) is 11.1 Å². The molecule has 0 spiro atoms. The third-order valence-electron chi connectivity index (χ3n) is 3.66. The summed E-state index contributed by atoms with van der Waals surface area (Å²) in [4.78, 5) is 13.3. The Morgan fingerprint density at radius 1 is 0.840 bits per heavy atom. The Balaban J connectivity index is 1.51. The lowest BCUT2D eigenvalue weighted by Crippen LogP contribution is -2.14. The van der Waals surface area contributed by atoms with Crippen LogP contribution in [-0.2, 0) is 17.0 Å². The Bertz CT molecular complexity index is 817. The van der Waals surface area contributed by atoms with E-state index in [2.05, 4.69) is 29.6 Å². The van der Waals surface area contributed by atoms with Crippen molar-refractivity contribution in [3.63, 3.8) is 0 Å². The van der Waals surface area contributed by atoms with Crippen LogP contribution in [0.15, 0.2) is 83.8 Å². The van der Waals surface area contributed by atoms with Crippen LogP contribution in [0.2, 0.25) is 5.02 Å². The van der Waals surface area contributed by atoms with Gasteiger partial charge in [-0.05, 0) is 47.5 Å². The maximum atomic E-state index is 12.1. The summed E-state index contributed by atoms with van der Waals surface area (Å²) >= 11 is 7.63. The molecule has 0 radical (unpaired) electrons. The Hall–Kier alpha value is -2.23. The van der Waals surface area contributed by atoms with Crippen molar-refractivity contribution in [1.29, 1.82) is 0 Å². The van der Waals surface area contributed by atoms with Crippen LogP contribution in [0.25, 0.3) is 0 Å². The van der Waals surface area contributed by atoms with Gasteiger partial charge in [0.2, 0.25) is 5.91 Å². The summed E-state index contributed by atoms with van der Waals surface area (Å²) in [6.07, 6.45) is 0.335. The van der Waals surface area contributed by atoms with E-state index in [-0.39, 0.29) is 5.91 Å². The van der Waals surface area contributed by atoms with Gasteiger partial charge < -0.3 is 5.32 Å². The van der Waals surface area contributed by atoms with Crippen LogP contribution in [0.4, 0.5) is 5.69 Å². The van der Waals surface area contributed by atoms with Gasteiger partial charge in [-0.1, -0.05) is 54.1 Å². The van der Waals surface area contributed by atoms with Crippen molar-refractivity contribution in [3.05, 3.63) is 95.0 Å². The normalized spacial score (nSPS) is 10.4. The fourth-order valence-electron chi connectivity index (χ4n) is 2.37. The molecule has 3 aromatic carbocycles. The predicted molar refractivity (Wildman–Crippen MR) is 106 cm³/mol. The average molecular weight is 368 g/mol. The van der Waals surface area contributed by atoms with Gasteiger partial charge in [-0.3, -0.25) is 4.79 Å². The summed E-state index contributed by atoms with van der Waals surface area (Å²) < 4.78 is 0. The van der Waals surface area contributed by atoms with E-state index in [0.717, 1.165) is 17.0 Å². The van der Waals surface area contributed by atoms with Crippen molar-refractivity contribution < 1.29 is 4.79 Å². The summed E-state index contributed by atoms with van der Waals surface area (Å²) in [5.41, 5.74) is 3.05. The molecule has 1 N–H and O–H groups in total. The zero-order valence-corrected chi connectivity index (χ0v) is 15.2. The number of anilines is 1. The Morgan fingerprint density at radius 3 is 2.20 bits per heavy atom. The van der Waals surface area contributed by atoms with E-state index in [1.54, 1.807) is 23.9 Å². The monoisotopic (exact) mass is 367 g/mol. The molecule has 0 aliphatic rings. The van der Waals surface area contributed by atoms with Crippen molar-refractivity contribution in [2.45, 2.75) is 17.1 Å². The quantitative estimate of drug-likeness (QED) is 0.556. The largest absolute Gasteiger partial charge is 0.326 e. The minimum atomic E-state index is -0.0352. The molecule has 0 bridgehead atoms. The highest BCUT2D eigenvalue weighted by molar-refractivity contribution is 7.98. The molecule has 0 saturated heterocycles. The van der Waals surface area contributed by atoms with E-state index in [1.807, 2.05) is 42.5 Å². The number of hydrogen-bond donors (Lipinski definition) is 1. The Labute approximate surface area is 157 Å². The molecule has 0 aromatic heterocycles. The average Bonchev–Trinajstić information content (AvgIpc) is 2.64. The van der Waals surface area contributed by atoms with Gasteiger partial charge in [-0.25, -0.2) is 0 Å². The second-order valence-electron chi connectivity index (χ2n) is 5.65. The van der Waals surface area contributed by atoms with Crippen LogP contribution in [-0.4, -0.2) is 5.91 Å². The summed E-state index contributed by atoms with van der Waals surface area (Å²) in [7, 11) is 0. The minimum absolute atomic E-state index is 0.0352. The highest BCUT2D eigenvalue weighted by Gasteiger charge is 2.04. The Kier molecular flexibility index (Phi) is 6.15. The first kappa shape index (κ1) is 17.6. The molecule has 3 rings (SSSR count).